The van der Waals surface area contributed by atoms with Crippen LogP contribution in [0.1, 0.15) is 10.5 Å². The Labute approximate surface area is 161 Å². The topological polar surface area (TPSA) is 202 Å². The van der Waals surface area contributed by atoms with Gasteiger partial charge in [-0.2, -0.15) is 0 Å². The van der Waals surface area contributed by atoms with E-state index in [2.05, 4.69) is 20.8 Å². The van der Waals surface area contributed by atoms with Crippen molar-refractivity contribution in [3.63, 3.8) is 0 Å². The Kier molecular flexibility index (Phi) is 6.32. The Balaban J connectivity index is 2.14. The van der Waals surface area contributed by atoms with Gasteiger partial charge in [-0.25, -0.2) is 22.6 Å². The van der Waals surface area contributed by atoms with Gasteiger partial charge in [-0.3, -0.25) is 14.9 Å². The zero-order valence-electron chi connectivity index (χ0n) is 13.8. The molecule has 8 N–H and O–H groups in total. The van der Waals surface area contributed by atoms with Gasteiger partial charge in [0, 0.05) is 0 Å². The Morgan fingerprint density at radius 3 is 2.64 bits per heavy atom. The van der Waals surface area contributed by atoms with Crippen LogP contribution in [-0.2, 0) is 14.8 Å². The van der Waals surface area contributed by atoms with Crippen molar-refractivity contribution in [1.29, 1.82) is 0 Å². The van der Waals surface area contributed by atoms with Crippen molar-refractivity contribution in [2.75, 3.05) is 16.6 Å². The smallest absolute Gasteiger partial charge is 0.357 e. The number of halogens is 1. The van der Waals surface area contributed by atoms with Crippen LogP contribution in [0.4, 0.5) is 15.1 Å². The third kappa shape index (κ3) is 5.27. The minimum Gasteiger partial charge on any atom is -0.476 e. The van der Waals surface area contributed by atoms with E-state index in [-0.39, 0.29) is 23.2 Å². The number of amides is 1. The molecule has 0 fully saturated rings. The van der Waals surface area contributed by atoms with Gasteiger partial charge in [0.15, 0.2) is 5.69 Å². The molecule has 12 nitrogen and oxygen atoms in total. The van der Waals surface area contributed by atoms with Crippen LogP contribution >= 0.6 is 11.3 Å². The standard InChI is InChI=1S/C13H14FN7O5S2/c14-7-3-6(1-2-8(7)19-9(22)4-18-20-13(15)16)28(25,26)21-11-10(12(23)24)17-5-27-11/h1-3,5,18,21H,4H2,(H,19,22)(H,23,24)(H4,15,16,20). The van der Waals surface area contributed by atoms with E-state index in [1.807, 2.05) is 4.72 Å². The number of sulfonamides is 1. The summed E-state index contributed by atoms with van der Waals surface area (Å²) in [6.07, 6.45) is 0. The summed E-state index contributed by atoms with van der Waals surface area (Å²) in [5.74, 6) is -3.43. The van der Waals surface area contributed by atoms with Crippen molar-refractivity contribution in [1.82, 2.24) is 10.4 Å². The highest BCUT2D eigenvalue weighted by molar-refractivity contribution is 7.93. The second-order valence-electron chi connectivity index (χ2n) is 5.00. The van der Waals surface area contributed by atoms with Gasteiger partial charge >= 0.3 is 5.97 Å². The van der Waals surface area contributed by atoms with Crippen molar-refractivity contribution >= 4 is 49.9 Å². The average Bonchev–Trinajstić information content (AvgIpc) is 3.04. The van der Waals surface area contributed by atoms with Crippen LogP contribution in [0, 0.1) is 5.82 Å². The van der Waals surface area contributed by atoms with Gasteiger partial charge in [-0.1, -0.05) is 0 Å². The number of guanidine groups is 1. The summed E-state index contributed by atoms with van der Waals surface area (Å²) in [6.45, 7) is -0.359. The second kappa shape index (κ2) is 8.49. The fourth-order valence-electron chi connectivity index (χ4n) is 1.81. The number of hydrazone groups is 1. The van der Waals surface area contributed by atoms with Crippen LogP contribution in [0.5, 0.6) is 0 Å². The number of aromatic carboxylic acids is 1. The van der Waals surface area contributed by atoms with Gasteiger partial charge in [-0.15, -0.1) is 16.4 Å². The summed E-state index contributed by atoms with van der Waals surface area (Å²) in [6, 6.07) is 2.74. The first-order chi connectivity index (χ1) is 13.1. The number of benzene rings is 1. The Bertz CT molecular complexity index is 1030. The molecule has 0 atom stereocenters. The van der Waals surface area contributed by atoms with Crippen molar-refractivity contribution in [2.45, 2.75) is 4.90 Å². The maximum atomic E-state index is 14.2. The third-order valence-corrected chi connectivity index (χ3v) is 5.19. The third-order valence-electron chi connectivity index (χ3n) is 2.97. The van der Waals surface area contributed by atoms with E-state index in [1.165, 1.54) is 0 Å². The molecule has 0 aliphatic rings. The predicted molar refractivity (Wildman–Crippen MR) is 98.7 cm³/mol. The molecule has 150 valence electrons. The molecule has 1 aromatic carbocycles. The number of carboxylic acid groups (broad SMARTS) is 1. The number of hydrogen-bond donors (Lipinski definition) is 6. The second-order valence-corrected chi connectivity index (χ2v) is 7.54. The average molecular weight is 431 g/mol. The fraction of sp³-hybridized carbons (Fsp3) is 0.0769. The summed E-state index contributed by atoms with van der Waals surface area (Å²) in [5.41, 5.74) is 12.8. The summed E-state index contributed by atoms with van der Waals surface area (Å²) < 4.78 is 40.9. The van der Waals surface area contributed by atoms with E-state index in [0.29, 0.717) is 6.07 Å². The molecule has 2 aromatic rings. The lowest BCUT2D eigenvalue weighted by atomic mass is 10.3. The lowest BCUT2D eigenvalue weighted by molar-refractivity contribution is -0.115. The lowest BCUT2D eigenvalue weighted by Crippen LogP contribution is -2.30. The van der Waals surface area contributed by atoms with Gasteiger partial charge in [0.25, 0.3) is 10.0 Å². The largest absolute Gasteiger partial charge is 0.476 e. The molecule has 15 heteroatoms. The summed E-state index contributed by atoms with van der Waals surface area (Å²) in [4.78, 5) is 25.7. The van der Waals surface area contributed by atoms with Crippen LogP contribution in [0.2, 0.25) is 0 Å². The molecule has 1 amide bonds. The molecule has 0 unspecified atom stereocenters. The minimum absolute atomic E-state index is 0.226. The van der Waals surface area contributed by atoms with Crippen molar-refractivity contribution in [2.24, 2.45) is 16.6 Å². The fourth-order valence-corrected chi connectivity index (χ4v) is 3.81. The maximum absolute atomic E-state index is 14.2. The molecule has 0 saturated heterocycles. The first-order valence-corrected chi connectivity index (χ1v) is 9.57. The Morgan fingerprint density at radius 1 is 1.32 bits per heavy atom. The highest BCUT2D eigenvalue weighted by Gasteiger charge is 2.22. The molecular weight excluding hydrogens is 417 g/mol. The number of anilines is 2. The van der Waals surface area contributed by atoms with E-state index < -0.39 is 38.3 Å². The summed E-state index contributed by atoms with van der Waals surface area (Å²) >= 11 is 0.756. The number of aromatic nitrogens is 1. The summed E-state index contributed by atoms with van der Waals surface area (Å²) in [5, 5.41) is 14.3. The molecule has 28 heavy (non-hydrogen) atoms. The van der Waals surface area contributed by atoms with Crippen molar-refractivity contribution in [3.05, 3.63) is 35.2 Å². The molecule has 0 aliphatic carbocycles. The quantitative estimate of drug-likeness (QED) is 0.181. The SMILES string of the molecule is NC(N)=NNCC(=O)Nc1ccc(S(=O)(=O)Nc2scnc2C(=O)O)cc1F. The van der Waals surface area contributed by atoms with E-state index in [1.54, 1.807) is 0 Å². The minimum atomic E-state index is -4.28. The zero-order chi connectivity index (χ0) is 20.9. The zero-order valence-corrected chi connectivity index (χ0v) is 15.5. The number of nitrogens with zero attached hydrogens (tertiary/aromatic N) is 2. The van der Waals surface area contributed by atoms with E-state index in [0.717, 1.165) is 29.0 Å². The maximum Gasteiger partial charge on any atom is 0.357 e. The lowest BCUT2D eigenvalue weighted by Gasteiger charge is -2.10. The molecular formula is C13H14FN7O5S2. The van der Waals surface area contributed by atoms with E-state index >= 15 is 0 Å². The molecule has 2 rings (SSSR count). The molecule has 0 bridgehead atoms. The van der Waals surface area contributed by atoms with Gasteiger partial charge in [0.1, 0.15) is 17.4 Å². The number of hydrogen-bond acceptors (Lipinski definition) is 8. The molecule has 0 saturated carbocycles. The normalized spacial score (nSPS) is 10.8. The van der Waals surface area contributed by atoms with Crippen molar-refractivity contribution in [3.8, 4) is 0 Å². The van der Waals surface area contributed by atoms with Crippen LogP contribution in [0.25, 0.3) is 0 Å². The number of thiazole rings is 1. The highest BCUT2D eigenvalue weighted by Crippen LogP contribution is 2.25. The van der Waals surface area contributed by atoms with Crippen molar-refractivity contribution < 1.29 is 27.5 Å². The van der Waals surface area contributed by atoms with Crippen LogP contribution in [0.3, 0.4) is 0 Å². The molecule has 0 aliphatic heterocycles. The van der Waals surface area contributed by atoms with Crippen LogP contribution < -0.4 is 26.9 Å². The predicted octanol–water partition coefficient (Wildman–Crippen LogP) is -0.502. The van der Waals surface area contributed by atoms with Gasteiger partial charge < -0.3 is 21.9 Å². The number of nitrogens with one attached hydrogen (secondary N) is 3. The van der Waals surface area contributed by atoms with Gasteiger partial charge in [0.2, 0.25) is 11.9 Å². The molecule has 0 radical (unpaired) electrons. The summed E-state index contributed by atoms with van der Waals surface area (Å²) in [7, 11) is -4.28. The van der Waals surface area contributed by atoms with Gasteiger partial charge in [-0.05, 0) is 18.2 Å². The number of carbonyl (C=O) groups excluding carboxylic acids is 1. The molecule has 0 spiro atoms. The first kappa shape index (κ1) is 20.8. The molecule has 1 heterocycles. The monoisotopic (exact) mass is 431 g/mol. The highest BCUT2D eigenvalue weighted by atomic mass is 32.2. The Morgan fingerprint density at radius 2 is 2.04 bits per heavy atom. The Hall–Kier alpha value is -3.46. The first-order valence-electron chi connectivity index (χ1n) is 7.20. The van der Waals surface area contributed by atoms with E-state index in [9.17, 15) is 22.4 Å². The number of nitrogens with two attached hydrogens (primary N) is 2. The van der Waals surface area contributed by atoms with Crippen LogP contribution in [0.15, 0.2) is 33.7 Å². The van der Waals surface area contributed by atoms with Crippen LogP contribution in [-0.4, -0.2) is 42.9 Å². The number of carbonyl (C=O) groups is 2. The van der Waals surface area contributed by atoms with E-state index in [4.69, 9.17) is 16.6 Å². The number of carboxylic acids is 1. The van der Waals surface area contributed by atoms with Gasteiger partial charge in [0.05, 0.1) is 16.1 Å². The molecule has 1 aromatic heterocycles. The number of rotatable bonds is 8.